The minimum absolute atomic E-state index is 0.0638. The Kier molecular flexibility index (Phi) is 8.65. The summed E-state index contributed by atoms with van der Waals surface area (Å²) in [7, 11) is 0. The van der Waals surface area contributed by atoms with E-state index in [9.17, 15) is 19.5 Å². The molecule has 1 aliphatic heterocycles. The summed E-state index contributed by atoms with van der Waals surface area (Å²) in [5.41, 5.74) is 3.13. The summed E-state index contributed by atoms with van der Waals surface area (Å²) in [5.74, 6) is -1.21. The quantitative estimate of drug-likeness (QED) is 0.590. The number of anilines is 2. The fourth-order valence-corrected chi connectivity index (χ4v) is 4.13. The van der Waals surface area contributed by atoms with Gasteiger partial charge in [0.05, 0.1) is 24.2 Å². The van der Waals surface area contributed by atoms with Crippen molar-refractivity contribution < 1.29 is 19.5 Å². The van der Waals surface area contributed by atoms with Gasteiger partial charge in [0.1, 0.15) is 0 Å². The summed E-state index contributed by atoms with van der Waals surface area (Å²) in [5, 5.41) is 12.5. The van der Waals surface area contributed by atoms with Gasteiger partial charge in [-0.1, -0.05) is 29.8 Å². The maximum atomic E-state index is 12.5. The van der Waals surface area contributed by atoms with Crippen molar-refractivity contribution in [3.8, 4) is 0 Å². The molecule has 0 atom stereocenters. The third-order valence-corrected chi connectivity index (χ3v) is 6.21. The lowest BCUT2D eigenvalue weighted by Gasteiger charge is -2.36. The van der Waals surface area contributed by atoms with E-state index in [1.807, 2.05) is 56.0 Å². The first-order valence-corrected chi connectivity index (χ1v) is 11.8. The van der Waals surface area contributed by atoms with E-state index >= 15 is 0 Å². The minimum atomic E-state index is -1.09. The van der Waals surface area contributed by atoms with E-state index in [4.69, 9.17) is 0 Å². The summed E-state index contributed by atoms with van der Waals surface area (Å²) in [6.07, 6.45) is 0.176. The number of aromatic carboxylic acids is 1. The van der Waals surface area contributed by atoms with Gasteiger partial charge in [-0.25, -0.2) is 4.79 Å². The lowest BCUT2D eigenvalue weighted by Crippen LogP contribution is -2.50. The Morgan fingerprint density at radius 1 is 0.971 bits per heavy atom. The van der Waals surface area contributed by atoms with Gasteiger partial charge in [0.15, 0.2) is 0 Å². The molecule has 2 aromatic rings. The molecule has 0 saturated carbocycles. The zero-order chi connectivity index (χ0) is 24.7. The second kappa shape index (κ2) is 11.7. The summed E-state index contributed by atoms with van der Waals surface area (Å²) < 4.78 is 0. The Morgan fingerprint density at radius 3 is 2.21 bits per heavy atom. The normalized spacial score (nSPS) is 14.0. The van der Waals surface area contributed by atoms with Crippen LogP contribution in [-0.4, -0.2) is 78.5 Å². The van der Waals surface area contributed by atoms with Crippen LogP contribution in [0.25, 0.3) is 0 Å². The van der Waals surface area contributed by atoms with Gasteiger partial charge in [-0.15, -0.1) is 0 Å². The zero-order valence-electron chi connectivity index (χ0n) is 20.2. The number of likely N-dealkylation sites (N-methyl/N-ethyl adjacent to an activating group) is 1. The molecule has 0 aromatic heterocycles. The number of hydrogen-bond acceptors (Lipinski definition) is 5. The van der Waals surface area contributed by atoms with Crippen LogP contribution in [-0.2, 0) is 16.0 Å². The molecule has 2 N–H and O–H groups in total. The molecule has 2 aromatic carbocycles. The Bertz CT molecular complexity index is 1010. The van der Waals surface area contributed by atoms with E-state index in [0.717, 1.165) is 29.9 Å². The van der Waals surface area contributed by atoms with Crippen LogP contribution in [0, 0.1) is 6.92 Å². The smallest absolute Gasteiger partial charge is 0.337 e. The van der Waals surface area contributed by atoms with Crippen molar-refractivity contribution >= 4 is 29.2 Å². The molecule has 0 radical (unpaired) electrons. The summed E-state index contributed by atoms with van der Waals surface area (Å²) in [6, 6.07) is 12.8. The fraction of sp³-hybridized carbons (Fsp3) is 0.423. The third-order valence-electron chi connectivity index (χ3n) is 6.21. The second-order valence-electron chi connectivity index (χ2n) is 8.57. The number of nitrogens with one attached hydrogen (secondary N) is 1. The van der Waals surface area contributed by atoms with Gasteiger partial charge in [0, 0.05) is 45.0 Å². The predicted molar refractivity (Wildman–Crippen MR) is 133 cm³/mol. The van der Waals surface area contributed by atoms with E-state index < -0.39 is 5.97 Å². The minimum Gasteiger partial charge on any atom is -0.478 e. The van der Waals surface area contributed by atoms with Crippen molar-refractivity contribution in [2.45, 2.75) is 27.2 Å². The maximum absolute atomic E-state index is 12.5. The first kappa shape index (κ1) is 25.2. The number of nitrogens with zero attached hydrogens (tertiary/aromatic N) is 3. The molecular weight excluding hydrogens is 432 g/mol. The lowest BCUT2D eigenvalue weighted by atomic mass is 10.1. The van der Waals surface area contributed by atoms with Gasteiger partial charge >= 0.3 is 5.97 Å². The van der Waals surface area contributed by atoms with Crippen molar-refractivity contribution in [1.29, 1.82) is 0 Å². The first-order valence-electron chi connectivity index (χ1n) is 11.8. The topological polar surface area (TPSA) is 93.2 Å². The van der Waals surface area contributed by atoms with Gasteiger partial charge in [-0.2, -0.15) is 0 Å². The Hall–Kier alpha value is -3.39. The molecule has 2 amide bonds. The number of carboxylic acids is 1. The molecule has 0 bridgehead atoms. The van der Waals surface area contributed by atoms with Crippen molar-refractivity contribution in [3.05, 3.63) is 59.2 Å². The Balaban J connectivity index is 1.62. The number of hydrogen-bond donors (Lipinski definition) is 2. The molecule has 8 nitrogen and oxygen atoms in total. The highest BCUT2D eigenvalue weighted by Crippen LogP contribution is 2.25. The predicted octanol–water partition coefficient (Wildman–Crippen LogP) is 2.86. The van der Waals surface area contributed by atoms with Crippen LogP contribution in [0.1, 0.15) is 35.3 Å². The molecule has 0 unspecified atom stereocenters. The van der Waals surface area contributed by atoms with Gasteiger partial charge < -0.3 is 20.2 Å². The van der Waals surface area contributed by atoms with Crippen molar-refractivity contribution in [3.63, 3.8) is 0 Å². The van der Waals surface area contributed by atoms with E-state index in [2.05, 4.69) is 15.1 Å². The number of amides is 2. The first-order chi connectivity index (χ1) is 16.3. The van der Waals surface area contributed by atoms with E-state index in [1.165, 1.54) is 0 Å². The fourth-order valence-electron chi connectivity index (χ4n) is 4.13. The van der Waals surface area contributed by atoms with Crippen LogP contribution in [0.4, 0.5) is 11.4 Å². The van der Waals surface area contributed by atoms with Crippen LogP contribution in [0.3, 0.4) is 0 Å². The molecule has 8 heteroatoms. The highest BCUT2D eigenvalue weighted by molar-refractivity contribution is 6.01. The molecule has 0 aliphatic carbocycles. The third kappa shape index (κ3) is 6.57. The highest BCUT2D eigenvalue weighted by Gasteiger charge is 2.22. The van der Waals surface area contributed by atoms with Crippen LogP contribution < -0.4 is 10.2 Å². The molecular formula is C26H34N4O4. The van der Waals surface area contributed by atoms with Gasteiger partial charge in [0.2, 0.25) is 11.8 Å². The summed E-state index contributed by atoms with van der Waals surface area (Å²) >= 11 is 0. The van der Waals surface area contributed by atoms with E-state index in [0.29, 0.717) is 32.7 Å². The molecule has 182 valence electrons. The Morgan fingerprint density at radius 2 is 1.62 bits per heavy atom. The Labute approximate surface area is 201 Å². The zero-order valence-corrected chi connectivity index (χ0v) is 20.2. The SMILES string of the molecule is CCN(CC)C(=O)CN1CCN(c2ccc(NC(=O)Cc3ccc(C)cc3)c(C(=O)O)c2)CC1. The number of piperazine rings is 1. The average Bonchev–Trinajstić information content (AvgIpc) is 2.82. The molecule has 1 heterocycles. The van der Waals surface area contributed by atoms with Gasteiger partial charge in [-0.05, 0) is 44.5 Å². The number of carboxylic acid groups (broad SMARTS) is 1. The number of carbonyl (C=O) groups is 3. The van der Waals surface area contributed by atoms with Crippen molar-refractivity contribution in [2.75, 3.05) is 56.0 Å². The largest absolute Gasteiger partial charge is 0.478 e. The number of rotatable bonds is 9. The van der Waals surface area contributed by atoms with Gasteiger partial charge in [-0.3, -0.25) is 14.5 Å². The van der Waals surface area contributed by atoms with Crippen molar-refractivity contribution in [1.82, 2.24) is 9.80 Å². The van der Waals surface area contributed by atoms with Crippen LogP contribution in [0.5, 0.6) is 0 Å². The summed E-state index contributed by atoms with van der Waals surface area (Å²) in [6.45, 7) is 10.6. The maximum Gasteiger partial charge on any atom is 0.337 e. The molecule has 34 heavy (non-hydrogen) atoms. The highest BCUT2D eigenvalue weighted by atomic mass is 16.4. The monoisotopic (exact) mass is 466 g/mol. The number of benzene rings is 2. The number of carbonyl (C=O) groups excluding carboxylic acids is 2. The molecule has 1 saturated heterocycles. The lowest BCUT2D eigenvalue weighted by molar-refractivity contribution is -0.132. The average molecular weight is 467 g/mol. The van der Waals surface area contributed by atoms with E-state index in [1.54, 1.807) is 12.1 Å². The molecule has 1 fully saturated rings. The van der Waals surface area contributed by atoms with Crippen LogP contribution in [0.2, 0.25) is 0 Å². The molecule has 3 rings (SSSR count). The number of aryl methyl sites for hydroxylation is 1. The van der Waals surface area contributed by atoms with Crippen LogP contribution >= 0.6 is 0 Å². The molecule has 0 spiro atoms. The van der Waals surface area contributed by atoms with Crippen LogP contribution in [0.15, 0.2) is 42.5 Å². The van der Waals surface area contributed by atoms with Crippen molar-refractivity contribution in [2.24, 2.45) is 0 Å². The molecule has 1 aliphatic rings. The van der Waals surface area contributed by atoms with E-state index in [-0.39, 0.29) is 29.5 Å². The second-order valence-corrected chi connectivity index (χ2v) is 8.57. The summed E-state index contributed by atoms with van der Waals surface area (Å²) in [4.78, 5) is 42.9. The van der Waals surface area contributed by atoms with Gasteiger partial charge in [0.25, 0.3) is 0 Å². The standard InChI is InChI=1S/C26H34N4O4/c1-4-29(5-2)25(32)18-28-12-14-30(15-13-28)21-10-11-23(22(17-21)26(33)34)27-24(31)16-20-8-6-19(3)7-9-20/h6-11,17H,4-5,12-16,18H2,1-3H3,(H,27,31)(H,33,34).